The quantitative estimate of drug-likeness (QED) is 0.203. The summed E-state index contributed by atoms with van der Waals surface area (Å²) in [5, 5.41) is 11.3. The smallest absolute Gasteiger partial charge is 0.295 e. The number of Topliss-reactive ketones (excluding diaryl/α,β-unsaturated/α-hetero) is 1. The summed E-state index contributed by atoms with van der Waals surface area (Å²) in [6, 6.07) is 9.23. The van der Waals surface area contributed by atoms with E-state index in [2.05, 4.69) is 0 Å². The topological polar surface area (TPSA) is 104 Å². The van der Waals surface area contributed by atoms with Crippen LogP contribution in [0.25, 0.3) is 5.76 Å². The first-order chi connectivity index (χ1) is 17.4. The fraction of sp³-hybridized carbons (Fsp3) is 0.407. The average Bonchev–Trinajstić information content (AvgIpc) is 3.16. The number of methoxy groups -OCH3 is 4. The van der Waals surface area contributed by atoms with Crippen LogP contribution < -0.4 is 18.9 Å². The molecule has 1 amide bonds. The van der Waals surface area contributed by atoms with Crippen LogP contribution in [0.15, 0.2) is 42.0 Å². The van der Waals surface area contributed by atoms with E-state index < -0.39 is 17.7 Å². The van der Waals surface area contributed by atoms with Crippen molar-refractivity contribution in [2.24, 2.45) is 0 Å². The van der Waals surface area contributed by atoms with Gasteiger partial charge in [0.05, 0.1) is 39.6 Å². The highest BCUT2D eigenvalue weighted by Gasteiger charge is 2.46. The van der Waals surface area contributed by atoms with Crippen molar-refractivity contribution in [2.75, 3.05) is 48.2 Å². The molecular formula is C27H33NO8. The lowest BCUT2D eigenvalue weighted by Gasteiger charge is -2.26. The lowest BCUT2D eigenvalue weighted by Crippen LogP contribution is -2.31. The monoisotopic (exact) mass is 499 g/mol. The molecule has 9 nitrogen and oxygen atoms in total. The Bertz CT molecular complexity index is 1080. The van der Waals surface area contributed by atoms with E-state index >= 15 is 0 Å². The van der Waals surface area contributed by atoms with Crippen molar-refractivity contribution in [1.29, 1.82) is 0 Å². The van der Waals surface area contributed by atoms with Gasteiger partial charge in [-0.1, -0.05) is 6.92 Å². The Morgan fingerprint density at radius 3 is 2.11 bits per heavy atom. The third-order valence-electron chi connectivity index (χ3n) is 5.89. The molecular weight excluding hydrogens is 466 g/mol. The third-order valence-corrected chi connectivity index (χ3v) is 5.89. The standard InChI is InChI=1S/C27H33NO8/c1-6-13-36-19-10-8-17(9-11-19)24(29)22-23(28(12-7-14-32-2)27(31)25(22)30)18-15-20(33-3)26(35-5)21(16-18)34-4/h8-11,15-16,23,29H,6-7,12-14H2,1-5H3/b24-22+. The number of likely N-dealkylation sites (tertiary alicyclic amines) is 1. The summed E-state index contributed by atoms with van der Waals surface area (Å²) in [7, 11) is 6.03. The Hall–Kier alpha value is -3.72. The molecule has 1 heterocycles. The molecule has 9 heteroatoms. The Balaban J connectivity index is 2.16. The van der Waals surface area contributed by atoms with E-state index in [-0.39, 0.29) is 17.9 Å². The summed E-state index contributed by atoms with van der Waals surface area (Å²) in [4.78, 5) is 27.8. The number of aliphatic hydroxyl groups excluding tert-OH is 1. The Labute approximate surface area is 211 Å². The lowest BCUT2D eigenvalue weighted by atomic mass is 9.94. The number of hydrogen-bond acceptors (Lipinski definition) is 8. The molecule has 2 aromatic rings. The average molecular weight is 500 g/mol. The lowest BCUT2D eigenvalue weighted by molar-refractivity contribution is -0.140. The zero-order valence-corrected chi connectivity index (χ0v) is 21.3. The molecule has 36 heavy (non-hydrogen) atoms. The van der Waals surface area contributed by atoms with Crippen LogP contribution in [0.5, 0.6) is 23.0 Å². The normalized spacial score (nSPS) is 16.8. The second kappa shape index (κ2) is 12.3. The van der Waals surface area contributed by atoms with E-state index in [1.807, 2.05) is 6.92 Å². The molecule has 1 fully saturated rings. The van der Waals surface area contributed by atoms with Crippen LogP contribution in [-0.2, 0) is 14.3 Å². The van der Waals surface area contributed by atoms with Crippen molar-refractivity contribution in [3.63, 3.8) is 0 Å². The summed E-state index contributed by atoms with van der Waals surface area (Å²) >= 11 is 0. The highest BCUT2D eigenvalue weighted by atomic mass is 16.5. The van der Waals surface area contributed by atoms with Crippen LogP contribution >= 0.6 is 0 Å². The number of carbonyl (C=O) groups excluding carboxylic acids is 2. The first kappa shape index (κ1) is 26.9. The highest BCUT2D eigenvalue weighted by molar-refractivity contribution is 6.46. The number of ketones is 1. The van der Waals surface area contributed by atoms with Crippen molar-refractivity contribution >= 4 is 17.4 Å². The number of amides is 1. The first-order valence-corrected chi connectivity index (χ1v) is 11.7. The number of carbonyl (C=O) groups is 2. The van der Waals surface area contributed by atoms with E-state index in [1.165, 1.54) is 26.2 Å². The van der Waals surface area contributed by atoms with Crippen molar-refractivity contribution in [3.8, 4) is 23.0 Å². The molecule has 0 radical (unpaired) electrons. The molecule has 3 rings (SSSR count). The van der Waals surface area contributed by atoms with Crippen molar-refractivity contribution in [3.05, 3.63) is 53.1 Å². The predicted molar refractivity (Wildman–Crippen MR) is 134 cm³/mol. The first-order valence-electron chi connectivity index (χ1n) is 11.7. The van der Waals surface area contributed by atoms with Crippen LogP contribution in [0.2, 0.25) is 0 Å². The number of benzene rings is 2. The fourth-order valence-corrected chi connectivity index (χ4v) is 4.18. The Morgan fingerprint density at radius 2 is 1.58 bits per heavy atom. The van der Waals surface area contributed by atoms with Crippen molar-refractivity contribution < 1.29 is 38.4 Å². The predicted octanol–water partition coefficient (Wildman–Crippen LogP) is 3.96. The number of nitrogens with zero attached hydrogens (tertiary/aromatic N) is 1. The van der Waals surface area contributed by atoms with Gasteiger partial charge < -0.3 is 33.7 Å². The van der Waals surface area contributed by atoms with E-state index in [9.17, 15) is 14.7 Å². The zero-order chi connectivity index (χ0) is 26.2. The Morgan fingerprint density at radius 1 is 0.944 bits per heavy atom. The minimum absolute atomic E-state index is 0.0195. The molecule has 1 aliphatic heterocycles. The zero-order valence-electron chi connectivity index (χ0n) is 21.3. The second-order valence-electron chi connectivity index (χ2n) is 8.17. The summed E-state index contributed by atoms with van der Waals surface area (Å²) < 4.78 is 27.1. The van der Waals surface area contributed by atoms with Gasteiger partial charge in [-0.3, -0.25) is 9.59 Å². The molecule has 194 valence electrons. The maximum Gasteiger partial charge on any atom is 0.295 e. The minimum Gasteiger partial charge on any atom is -0.507 e. The van der Waals surface area contributed by atoms with Crippen molar-refractivity contribution in [1.82, 2.24) is 4.90 Å². The summed E-state index contributed by atoms with van der Waals surface area (Å²) in [6.07, 6.45) is 1.37. The number of rotatable bonds is 12. The van der Waals surface area contributed by atoms with Crippen LogP contribution in [-0.4, -0.2) is 69.9 Å². The van der Waals surface area contributed by atoms with E-state index in [0.29, 0.717) is 53.8 Å². The molecule has 1 aliphatic rings. The summed E-state index contributed by atoms with van der Waals surface area (Å²) in [5.74, 6) is 0.0172. The van der Waals surface area contributed by atoms with Gasteiger partial charge in [-0.2, -0.15) is 0 Å². The summed E-state index contributed by atoms with van der Waals surface area (Å²) in [5.41, 5.74) is 0.908. The van der Waals surface area contributed by atoms with Gasteiger partial charge in [0.25, 0.3) is 11.7 Å². The largest absolute Gasteiger partial charge is 0.507 e. The molecule has 0 aliphatic carbocycles. The van der Waals surface area contributed by atoms with E-state index in [0.717, 1.165) is 6.42 Å². The van der Waals surface area contributed by atoms with Gasteiger partial charge in [0, 0.05) is 25.8 Å². The molecule has 0 bridgehead atoms. The molecule has 1 atom stereocenters. The van der Waals surface area contributed by atoms with Gasteiger partial charge in [0.15, 0.2) is 11.5 Å². The SMILES string of the molecule is CCCOc1ccc(/C(O)=C2\C(=O)C(=O)N(CCCOC)C2c2cc(OC)c(OC)c(OC)c2)cc1. The molecule has 0 spiro atoms. The third kappa shape index (κ3) is 5.41. The van der Waals surface area contributed by atoms with E-state index in [4.69, 9.17) is 23.7 Å². The molecule has 1 saturated heterocycles. The Kier molecular flexibility index (Phi) is 9.19. The van der Waals surface area contributed by atoms with Crippen molar-refractivity contribution in [2.45, 2.75) is 25.8 Å². The van der Waals surface area contributed by atoms with E-state index in [1.54, 1.807) is 43.5 Å². The second-order valence-corrected chi connectivity index (χ2v) is 8.17. The van der Waals surface area contributed by atoms with Crippen LogP contribution in [0.4, 0.5) is 0 Å². The van der Waals surface area contributed by atoms with Gasteiger partial charge in [0.2, 0.25) is 5.75 Å². The molecule has 0 saturated carbocycles. The maximum absolute atomic E-state index is 13.2. The van der Waals surface area contributed by atoms with Gasteiger partial charge >= 0.3 is 0 Å². The number of ether oxygens (including phenoxy) is 5. The van der Waals surface area contributed by atoms with Gasteiger partial charge in [-0.05, 0) is 54.8 Å². The molecule has 2 aromatic carbocycles. The van der Waals surface area contributed by atoms with Gasteiger partial charge in [0.1, 0.15) is 11.5 Å². The molecule has 1 N–H and O–H groups in total. The van der Waals surface area contributed by atoms with Gasteiger partial charge in [-0.15, -0.1) is 0 Å². The molecule has 0 aromatic heterocycles. The highest BCUT2D eigenvalue weighted by Crippen LogP contribution is 2.45. The maximum atomic E-state index is 13.2. The van der Waals surface area contributed by atoms with Crippen LogP contribution in [0, 0.1) is 0 Å². The summed E-state index contributed by atoms with van der Waals surface area (Å²) in [6.45, 7) is 3.23. The number of aliphatic hydroxyl groups is 1. The molecule has 1 unspecified atom stereocenters. The van der Waals surface area contributed by atoms with Gasteiger partial charge in [-0.25, -0.2) is 0 Å². The minimum atomic E-state index is -0.869. The fourth-order valence-electron chi connectivity index (χ4n) is 4.18. The van der Waals surface area contributed by atoms with Crippen LogP contribution in [0.3, 0.4) is 0 Å². The number of hydrogen-bond donors (Lipinski definition) is 1. The van der Waals surface area contributed by atoms with Crippen LogP contribution in [0.1, 0.15) is 36.9 Å².